The third kappa shape index (κ3) is 10.0. The van der Waals surface area contributed by atoms with Gasteiger partial charge < -0.3 is 13.1 Å². The van der Waals surface area contributed by atoms with Crippen molar-refractivity contribution >= 4 is 49.7 Å². The maximum Gasteiger partial charge on any atom is 2.00 e. The molecule has 0 radical (unpaired) electrons. The first-order valence-electron chi connectivity index (χ1n) is 7.35. The van der Waals surface area contributed by atoms with Crippen LogP contribution in [-0.2, 0) is 9.59 Å². The molecule has 0 amide bonds. The van der Waals surface area contributed by atoms with Crippen molar-refractivity contribution in [1.29, 1.82) is 0 Å². The number of carbonyl (C=O) groups is 2. The molecule has 1 unspecified atom stereocenters. The Balaban J connectivity index is -0.000000540. The minimum atomic E-state index is -1.26. The van der Waals surface area contributed by atoms with Crippen molar-refractivity contribution in [3.05, 3.63) is 0 Å². The van der Waals surface area contributed by atoms with Gasteiger partial charge in [-0.1, -0.05) is 59.3 Å². The van der Waals surface area contributed by atoms with Crippen molar-refractivity contribution in [2.75, 3.05) is 0 Å². The van der Waals surface area contributed by atoms with Crippen molar-refractivity contribution in [2.45, 2.75) is 65.7 Å². The maximum atomic E-state index is 10.9. The van der Waals surface area contributed by atoms with Gasteiger partial charge in [-0.05, 0) is 18.3 Å². The minimum Gasteiger partial charge on any atom is -1.00 e. The van der Waals surface area contributed by atoms with Gasteiger partial charge in [0.15, 0.2) is 5.92 Å². The van der Waals surface area contributed by atoms with E-state index in [2.05, 4.69) is 6.92 Å². The second-order valence-electron chi connectivity index (χ2n) is 5.67. The van der Waals surface area contributed by atoms with Crippen LogP contribution in [-0.4, -0.2) is 59.9 Å². The molecule has 2 N–H and O–H groups in total. The molecule has 0 rings (SSSR count). The third-order valence-corrected chi connectivity index (χ3v) is 3.76. The molecule has 0 bridgehead atoms. The van der Waals surface area contributed by atoms with E-state index in [-0.39, 0.29) is 52.9 Å². The van der Waals surface area contributed by atoms with Gasteiger partial charge >= 0.3 is 49.7 Å². The van der Waals surface area contributed by atoms with E-state index in [4.69, 9.17) is 10.2 Å². The largest absolute Gasteiger partial charge is 2.00 e. The van der Waals surface area contributed by atoms with Crippen LogP contribution in [0, 0.1) is 17.8 Å². The first-order valence-corrected chi connectivity index (χ1v) is 7.35. The quantitative estimate of drug-likeness (QED) is 0.347. The van der Waals surface area contributed by atoms with Gasteiger partial charge in [-0.3, -0.25) is 9.59 Å². The molecule has 5 heteroatoms. The number of carboxylic acids is 2. The Morgan fingerprint density at radius 2 is 1.50 bits per heavy atom. The predicted molar refractivity (Wildman–Crippen MR) is 83.1 cm³/mol. The van der Waals surface area contributed by atoms with Gasteiger partial charge in [0.1, 0.15) is 0 Å². The smallest absolute Gasteiger partial charge is 1.00 e. The fraction of sp³-hybridized carbons (Fsp3) is 0.867. The molecule has 20 heavy (non-hydrogen) atoms. The standard InChI is InChI=1S/C15H28O4.Ca.2H/c1-4-5-6-7-8-9-12(11(2)3)10-13(14(16)17)15(18)19;;;/h11-13H,4-10H2,1-3H3,(H,16,17)(H,18,19);;;/q;+2;2*-1. The van der Waals surface area contributed by atoms with Crippen LogP contribution in [0.2, 0.25) is 0 Å². The average molecular weight is 314 g/mol. The zero-order valence-corrected chi connectivity index (χ0v) is 15.3. The number of aliphatic carboxylic acids is 2. The van der Waals surface area contributed by atoms with Crippen LogP contribution in [0.4, 0.5) is 0 Å². The van der Waals surface area contributed by atoms with Gasteiger partial charge in [-0.15, -0.1) is 0 Å². The summed E-state index contributed by atoms with van der Waals surface area (Å²) in [6.45, 7) is 6.25. The van der Waals surface area contributed by atoms with Crippen LogP contribution in [0.15, 0.2) is 0 Å². The Morgan fingerprint density at radius 1 is 1.00 bits per heavy atom. The Labute approximate surface area is 155 Å². The SMILES string of the molecule is CCCCCCCC(CC(C(=O)O)C(=O)O)C(C)C.[Ca+2].[H-].[H-]. The second kappa shape index (κ2) is 12.9. The van der Waals surface area contributed by atoms with Crippen LogP contribution in [0.25, 0.3) is 0 Å². The van der Waals surface area contributed by atoms with E-state index < -0.39 is 17.9 Å². The van der Waals surface area contributed by atoms with Gasteiger partial charge in [0.25, 0.3) is 0 Å². The summed E-state index contributed by atoms with van der Waals surface area (Å²) < 4.78 is 0. The number of carboxylic acid groups (broad SMARTS) is 2. The molecule has 116 valence electrons. The fourth-order valence-corrected chi connectivity index (χ4v) is 2.34. The summed E-state index contributed by atoms with van der Waals surface area (Å²) in [5, 5.41) is 17.9. The number of hydrogen-bond donors (Lipinski definition) is 2. The van der Waals surface area contributed by atoms with Crippen LogP contribution < -0.4 is 0 Å². The summed E-state index contributed by atoms with van der Waals surface area (Å²) in [5.74, 6) is -3.19. The van der Waals surface area contributed by atoms with Crippen LogP contribution in [0.3, 0.4) is 0 Å². The van der Waals surface area contributed by atoms with E-state index in [1.165, 1.54) is 19.3 Å². The Hall–Kier alpha value is 0.200. The molecule has 0 saturated heterocycles. The summed E-state index contributed by atoms with van der Waals surface area (Å²) in [4.78, 5) is 21.9. The van der Waals surface area contributed by atoms with E-state index in [1.807, 2.05) is 13.8 Å². The number of rotatable bonds is 11. The van der Waals surface area contributed by atoms with Gasteiger partial charge in [-0.2, -0.15) is 0 Å². The van der Waals surface area contributed by atoms with Crippen molar-refractivity contribution in [3.8, 4) is 0 Å². The first kappa shape index (κ1) is 22.5. The summed E-state index contributed by atoms with van der Waals surface area (Å²) in [5.41, 5.74) is 0. The second-order valence-corrected chi connectivity index (χ2v) is 5.67. The maximum absolute atomic E-state index is 10.9. The van der Waals surface area contributed by atoms with E-state index in [9.17, 15) is 9.59 Å². The van der Waals surface area contributed by atoms with Gasteiger partial charge in [-0.25, -0.2) is 0 Å². The van der Waals surface area contributed by atoms with Crippen LogP contribution in [0.1, 0.15) is 68.6 Å². The molecule has 4 nitrogen and oxygen atoms in total. The Morgan fingerprint density at radius 3 is 1.90 bits per heavy atom. The molecule has 0 fully saturated rings. The molecule has 0 aromatic rings. The third-order valence-electron chi connectivity index (χ3n) is 3.76. The van der Waals surface area contributed by atoms with Gasteiger partial charge in [0.05, 0.1) is 0 Å². The summed E-state index contributed by atoms with van der Waals surface area (Å²) in [6.07, 6.45) is 7.04. The summed E-state index contributed by atoms with van der Waals surface area (Å²) in [6, 6.07) is 0. The normalized spacial score (nSPS) is 12.2. The predicted octanol–water partition coefficient (Wildman–Crippen LogP) is 3.64. The zero-order chi connectivity index (χ0) is 14.8. The van der Waals surface area contributed by atoms with Crippen molar-refractivity contribution in [2.24, 2.45) is 17.8 Å². The molecule has 0 heterocycles. The minimum absolute atomic E-state index is 0. The average Bonchev–Trinajstić information content (AvgIpc) is 2.31. The van der Waals surface area contributed by atoms with E-state index >= 15 is 0 Å². The summed E-state index contributed by atoms with van der Waals surface area (Å²) >= 11 is 0. The molecule has 0 aliphatic heterocycles. The van der Waals surface area contributed by atoms with Crippen LogP contribution in [0.5, 0.6) is 0 Å². The van der Waals surface area contributed by atoms with Crippen LogP contribution >= 0.6 is 0 Å². The molecule has 0 aliphatic rings. The molecule has 0 aromatic carbocycles. The van der Waals surface area contributed by atoms with Crippen molar-refractivity contribution in [1.82, 2.24) is 0 Å². The fourth-order valence-electron chi connectivity index (χ4n) is 2.34. The van der Waals surface area contributed by atoms with E-state index in [0.29, 0.717) is 5.92 Å². The molecule has 0 spiro atoms. The molecule has 0 aromatic heterocycles. The molecule has 0 aliphatic carbocycles. The monoisotopic (exact) mass is 314 g/mol. The molecule has 0 saturated carbocycles. The van der Waals surface area contributed by atoms with Gasteiger partial charge in [0.2, 0.25) is 0 Å². The van der Waals surface area contributed by atoms with E-state index in [1.54, 1.807) is 0 Å². The topological polar surface area (TPSA) is 74.6 Å². The Bertz CT molecular complexity index is 275. The summed E-state index contributed by atoms with van der Waals surface area (Å²) in [7, 11) is 0. The Kier molecular flexibility index (Phi) is 14.5. The molecular weight excluding hydrogens is 284 g/mol. The molecular formula is C15H30CaO4. The van der Waals surface area contributed by atoms with E-state index in [0.717, 1.165) is 19.3 Å². The number of unbranched alkanes of at least 4 members (excludes halogenated alkanes) is 4. The number of hydrogen-bond acceptors (Lipinski definition) is 2. The van der Waals surface area contributed by atoms with Crippen molar-refractivity contribution in [3.63, 3.8) is 0 Å². The zero-order valence-electron chi connectivity index (χ0n) is 15.1. The van der Waals surface area contributed by atoms with Gasteiger partial charge in [0, 0.05) is 0 Å². The molecule has 1 atom stereocenters. The first-order chi connectivity index (χ1) is 8.90. The van der Waals surface area contributed by atoms with Crippen molar-refractivity contribution < 1.29 is 22.7 Å².